The van der Waals surface area contributed by atoms with E-state index in [1.54, 1.807) is 6.07 Å². The van der Waals surface area contributed by atoms with Gasteiger partial charge in [0.1, 0.15) is 6.61 Å². The van der Waals surface area contributed by atoms with E-state index >= 15 is 0 Å². The average molecular weight is 289 g/mol. The van der Waals surface area contributed by atoms with Crippen molar-refractivity contribution in [3.05, 3.63) is 29.6 Å². The molecule has 0 saturated heterocycles. The van der Waals surface area contributed by atoms with Crippen molar-refractivity contribution in [2.24, 2.45) is 0 Å². The van der Waals surface area contributed by atoms with E-state index in [-0.39, 0.29) is 31.4 Å². The van der Waals surface area contributed by atoms with Crippen LogP contribution < -0.4 is 10.6 Å². The zero-order valence-corrected chi connectivity index (χ0v) is 12.0. The number of amides is 2. The molecule has 2 amide bonds. The largest absolute Gasteiger partial charge is 0.384 e. The van der Waals surface area contributed by atoms with E-state index in [1.807, 2.05) is 6.92 Å². The van der Waals surface area contributed by atoms with Crippen LogP contribution in [-0.4, -0.2) is 41.6 Å². The molecule has 0 aliphatic carbocycles. The van der Waals surface area contributed by atoms with E-state index in [0.29, 0.717) is 17.7 Å². The Labute approximate surface area is 124 Å². The molecule has 0 saturated carbocycles. The normalized spacial score (nSPS) is 9.43. The van der Waals surface area contributed by atoms with Crippen LogP contribution in [0.5, 0.6) is 0 Å². The van der Waals surface area contributed by atoms with Crippen LogP contribution in [0, 0.1) is 11.8 Å². The van der Waals surface area contributed by atoms with Crippen LogP contribution in [0.2, 0.25) is 0 Å². The summed E-state index contributed by atoms with van der Waals surface area (Å²) in [5.74, 6) is 4.74. The number of aliphatic hydroxyl groups is 1. The second-order valence-corrected chi connectivity index (χ2v) is 4.24. The molecule has 0 atom stereocenters. The van der Waals surface area contributed by atoms with Crippen LogP contribution in [-0.2, 0) is 4.79 Å². The highest BCUT2D eigenvalue weighted by atomic mass is 16.2. The predicted octanol–water partition coefficient (Wildman–Crippen LogP) is 0.0715. The van der Waals surface area contributed by atoms with Gasteiger partial charge in [-0.15, -0.1) is 0 Å². The van der Waals surface area contributed by atoms with E-state index in [4.69, 9.17) is 5.11 Å². The summed E-state index contributed by atoms with van der Waals surface area (Å²) in [4.78, 5) is 27.3. The summed E-state index contributed by atoms with van der Waals surface area (Å²) in [6, 6.07) is 1.55. The Bertz CT molecular complexity index is 547. The van der Waals surface area contributed by atoms with Gasteiger partial charge in [0.05, 0.1) is 11.1 Å². The molecule has 0 aliphatic heterocycles. The maximum Gasteiger partial charge on any atom is 0.252 e. The van der Waals surface area contributed by atoms with E-state index in [2.05, 4.69) is 27.5 Å². The quantitative estimate of drug-likeness (QED) is 0.646. The van der Waals surface area contributed by atoms with Gasteiger partial charge in [-0.3, -0.25) is 14.6 Å². The number of aliphatic hydroxyl groups excluding tert-OH is 1. The SMILES string of the molecule is CCCNC(=O)CCNC(=O)c1ccncc1C#CCO. The molecule has 112 valence electrons. The topological polar surface area (TPSA) is 91.3 Å². The Morgan fingerprint density at radius 1 is 1.33 bits per heavy atom. The van der Waals surface area contributed by atoms with E-state index in [1.165, 1.54) is 12.4 Å². The molecule has 1 aromatic heterocycles. The molecule has 0 bridgehead atoms. The molecule has 0 aliphatic rings. The number of nitrogens with one attached hydrogen (secondary N) is 2. The van der Waals surface area contributed by atoms with Crippen molar-refractivity contribution in [1.82, 2.24) is 15.6 Å². The minimum Gasteiger partial charge on any atom is -0.384 e. The van der Waals surface area contributed by atoms with Gasteiger partial charge in [-0.1, -0.05) is 18.8 Å². The maximum absolute atomic E-state index is 12.0. The summed E-state index contributed by atoms with van der Waals surface area (Å²) in [5, 5.41) is 14.1. The Kier molecular flexibility index (Phi) is 7.54. The third-order valence-corrected chi connectivity index (χ3v) is 2.58. The molecule has 6 nitrogen and oxygen atoms in total. The van der Waals surface area contributed by atoms with Gasteiger partial charge in [-0.05, 0) is 12.5 Å². The summed E-state index contributed by atoms with van der Waals surface area (Å²) in [6.07, 6.45) is 4.06. The highest BCUT2D eigenvalue weighted by Crippen LogP contribution is 2.05. The highest BCUT2D eigenvalue weighted by molar-refractivity contribution is 5.96. The molecule has 1 heterocycles. The van der Waals surface area contributed by atoms with Crippen LogP contribution in [0.1, 0.15) is 35.7 Å². The molecule has 3 N–H and O–H groups in total. The molecule has 21 heavy (non-hydrogen) atoms. The van der Waals surface area contributed by atoms with E-state index in [0.717, 1.165) is 6.42 Å². The molecule has 6 heteroatoms. The smallest absolute Gasteiger partial charge is 0.252 e. The Hall–Kier alpha value is -2.39. The summed E-state index contributed by atoms with van der Waals surface area (Å²) in [5.41, 5.74) is 0.819. The van der Waals surface area contributed by atoms with Gasteiger partial charge >= 0.3 is 0 Å². The van der Waals surface area contributed by atoms with Crippen molar-refractivity contribution in [1.29, 1.82) is 0 Å². The van der Waals surface area contributed by atoms with Crippen molar-refractivity contribution < 1.29 is 14.7 Å². The first kappa shape index (κ1) is 16.7. The lowest BCUT2D eigenvalue weighted by molar-refractivity contribution is -0.120. The third-order valence-electron chi connectivity index (χ3n) is 2.58. The number of rotatable bonds is 6. The van der Waals surface area contributed by atoms with Gasteiger partial charge in [-0.25, -0.2) is 0 Å². The van der Waals surface area contributed by atoms with Crippen molar-refractivity contribution in [2.45, 2.75) is 19.8 Å². The zero-order chi connectivity index (χ0) is 15.5. The van der Waals surface area contributed by atoms with Crippen molar-refractivity contribution in [2.75, 3.05) is 19.7 Å². The van der Waals surface area contributed by atoms with E-state index in [9.17, 15) is 9.59 Å². The summed E-state index contributed by atoms with van der Waals surface area (Å²) >= 11 is 0. The van der Waals surface area contributed by atoms with Crippen LogP contribution in [0.15, 0.2) is 18.5 Å². The standard InChI is InChI=1S/C15H19N3O3/c1-2-7-17-14(20)6-9-18-15(21)13-5-8-16-11-12(13)4-3-10-19/h5,8,11,19H,2,6-7,9-10H2,1H3,(H,17,20)(H,18,21). The Balaban J connectivity index is 2.54. The number of aromatic nitrogens is 1. The molecular formula is C15H19N3O3. The minimum absolute atomic E-state index is 0.0906. The van der Waals surface area contributed by atoms with Gasteiger partial charge < -0.3 is 15.7 Å². The number of pyridine rings is 1. The van der Waals surface area contributed by atoms with Crippen LogP contribution in [0.4, 0.5) is 0 Å². The Morgan fingerprint density at radius 3 is 2.86 bits per heavy atom. The minimum atomic E-state index is -0.317. The second kappa shape index (κ2) is 9.50. The predicted molar refractivity (Wildman–Crippen MR) is 78.5 cm³/mol. The number of hydrogen-bond donors (Lipinski definition) is 3. The third kappa shape index (κ3) is 6.06. The molecule has 1 rings (SSSR count). The highest BCUT2D eigenvalue weighted by Gasteiger charge is 2.10. The van der Waals surface area contributed by atoms with Gasteiger partial charge in [0.25, 0.3) is 5.91 Å². The zero-order valence-electron chi connectivity index (χ0n) is 12.0. The molecule has 1 aromatic rings. The lowest BCUT2D eigenvalue weighted by Gasteiger charge is -2.07. The summed E-state index contributed by atoms with van der Waals surface area (Å²) in [6.45, 7) is 2.58. The summed E-state index contributed by atoms with van der Waals surface area (Å²) in [7, 11) is 0. The van der Waals surface area contributed by atoms with Crippen LogP contribution in [0.25, 0.3) is 0 Å². The fraction of sp³-hybridized carbons (Fsp3) is 0.400. The average Bonchev–Trinajstić information content (AvgIpc) is 2.51. The number of carbonyl (C=O) groups is 2. The van der Waals surface area contributed by atoms with Gasteiger partial charge in [0.2, 0.25) is 5.91 Å². The van der Waals surface area contributed by atoms with Gasteiger partial charge in [-0.2, -0.15) is 0 Å². The van der Waals surface area contributed by atoms with Gasteiger partial charge in [0.15, 0.2) is 0 Å². The molecule has 0 fully saturated rings. The second-order valence-electron chi connectivity index (χ2n) is 4.24. The fourth-order valence-corrected chi connectivity index (χ4v) is 1.56. The molecule has 0 unspecified atom stereocenters. The molecule has 0 radical (unpaired) electrons. The lowest BCUT2D eigenvalue weighted by atomic mass is 10.1. The lowest BCUT2D eigenvalue weighted by Crippen LogP contribution is -2.31. The van der Waals surface area contributed by atoms with Crippen molar-refractivity contribution >= 4 is 11.8 Å². The summed E-state index contributed by atoms with van der Waals surface area (Å²) < 4.78 is 0. The Morgan fingerprint density at radius 2 is 2.14 bits per heavy atom. The monoisotopic (exact) mass is 289 g/mol. The first-order valence-electron chi connectivity index (χ1n) is 6.77. The first-order valence-corrected chi connectivity index (χ1v) is 6.77. The molecule has 0 aromatic carbocycles. The number of carbonyl (C=O) groups excluding carboxylic acids is 2. The number of nitrogens with zero attached hydrogens (tertiary/aromatic N) is 1. The van der Waals surface area contributed by atoms with Crippen LogP contribution >= 0.6 is 0 Å². The maximum atomic E-state index is 12.0. The van der Waals surface area contributed by atoms with Crippen molar-refractivity contribution in [3.8, 4) is 11.8 Å². The molecular weight excluding hydrogens is 270 g/mol. The van der Waals surface area contributed by atoms with Crippen LogP contribution in [0.3, 0.4) is 0 Å². The number of hydrogen-bond acceptors (Lipinski definition) is 4. The van der Waals surface area contributed by atoms with Gasteiger partial charge in [0, 0.05) is 31.9 Å². The first-order chi connectivity index (χ1) is 10.2. The molecule has 0 spiro atoms. The fourth-order valence-electron chi connectivity index (χ4n) is 1.56. The van der Waals surface area contributed by atoms with E-state index < -0.39 is 0 Å². The van der Waals surface area contributed by atoms with Crippen molar-refractivity contribution in [3.63, 3.8) is 0 Å².